The summed E-state index contributed by atoms with van der Waals surface area (Å²) in [6, 6.07) is 16.2. The number of aromatic nitrogens is 2. The van der Waals surface area contributed by atoms with E-state index in [1.807, 2.05) is 41.3 Å². The highest BCUT2D eigenvalue weighted by atomic mass is 16.2. The first kappa shape index (κ1) is 18.5. The molecule has 4 rings (SSSR count). The number of anilines is 1. The number of amides is 1. The second-order valence-corrected chi connectivity index (χ2v) is 7.38. The number of aromatic amines is 1. The molecule has 0 aliphatic carbocycles. The summed E-state index contributed by atoms with van der Waals surface area (Å²) in [5.41, 5.74) is 4.26. The molecule has 0 saturated carbocycles. The highest BCUT2D eigenvalue weighted by Gasteiger charge is 2.20. The quantitative estimate of drug-likeness (QED) is 0.717. The third-order valence-electron chi connectivity index (χ3n) is 5.33. The third-order valence-corrected chi connectivity index (χ3v) is 5.33. The molecule has 1 fully saturated rings. The van der Waals surface area contributed by atoms with Gasteiger partial charge in [0.2, 0.25) is 5.91 Å². The van der Waals surface area contributed by atoms with Gasteiger partial charge in [-0.3, -0.25) is 9.69 Å². The number of rotatable bonds is 5. The lowest BCUT2D eigenvalue weighted by molar-refractivity contribution is -0.129. The van der Waals surface area contributed by atoms with Crippen LogP contribution in [0, 0.1) is 6.92 Å². The molecule has 3 aromatic rings. The van der Waals surface area contributed by atoms with Gasteiger partial charge in [0, 0.05) is 31.9 Å². The minimum Gasteiger partial charge on any atom is -0.376 e. The summed E-state index contributed by atoms with van der Waals surface area (Å²) in [4.78, 5) is 25.1. The average molecular weight is 377 g/mol. The zero-order chi connectivity index (χ0) is 19.3. The van der Waals surface area contributed by atoms with Gasteiger partial charge in [-0.15, -0.1) is 0 Å². The van der Waals surface area contributed by atoms with Crippen molar-refractivity contribution in [3.05, 3.63) is 59.9 Å². The largest absolute Gasteiger partial charge is 0.376 e. The molecule has 0 unspecified atom stereocenters. The summed E-state index contributed by atoms with van der Waals surface area (Å²) in [7, 11) is 0. The number of hydrogen-bond acceptors (Lipinski definition) is 4. The van der Waals surface area contributed by atoms with Crippen LogP contribution in [0.15, 0.2) is 48.5 Å². The number of fused-ring (bicyclic) bond motifs is 1. The van der Waals surface area contributed by atoms with E-state index in [9.17, 15) is 4.79 Å². The first-order valence-electron chi connectivity index (χ1n) is 9.92. The summed E-state index contributed by atoms with van der Waals surface area (Å²) in [6.45, 7) is 6.60. The van der Waals surface area contributed by atoms with Crippen LogP contribution in [-0.4, -0.2) is 58.4 Å². The molecule has 1 amide bonds. The van der Waals surface area contributed by atoms with Crippen LogP contribution in [0.4, 0.5) is 5.69 Å². The molecular weight excluding hydrogens is 350 g/mol. The highest BCUT2D eigenvalue weighted by Crippen LogP contribution is 2.14. The number of benzene rings is 2. The molecule has 2 heterocycles. The van der Waals surface area contributed by atoms with E-state index in [1.54, 1.807) is 0 Å². The Morgan fingerprint density at radius 2 is 1.89 bits per heavy atom. The smallest absolute Gasteiger partial charge is 0.241 e. The van der Waals surface area contributed by atoms with Gasteiger partial charge in [-0.2, -0.15) is 0 Å². The molecule has 0 bridgehead atoms. The molecule has 1 aliphatic heterocycles. The van der Waals surface area contributed by atoms with Crippen molar-refractivity contribution in [3.63, 3.8) is 0 Å². The zero-order valence-electron chi connectivity index (χ0n) is 16.3. The van der Waals surface area contributed by atoms with Crippen molar-refractivity contribution in [2.75, 3.05) is 38.0 Å². The van der Waals surface area contributed by atoms with Gasteiger partial charge in [0.15, 0.2) is 0 Å². The number of imidazole rings is 1. The number of aryl methyl sites for hydroxylation is 1. The molecule has 6 heteroatoms. The second-order valence-electron chi connectivity index (χ2n) is 7.38. The molecule has 1 aliphatic rings. The van der Waals surface area contributed by atoms with Crippen molar-refractivity contribution in [2.45, 2.75) is 19.9 Å². The zero-order valence-corrected chi connectivity index (χ0v) is 16.3. The van der Waals surface area contributed by atoms with E-state index < -0.39 is 0 Å². The van der Waals surface area contributed by atoms with Crippen LogP contribution in [0.1, 0.15) is 17.8 Å². The van der Waals surface area contributed by atoms with Crippen LogP contribution in [0.25, 0.3) is 11.0 Å². The normalized spacial score (nSPS) is 15.5. The SMILES string of the molecule is Cc1ccccc1NCC(=O)N1CCCN(Cc2nc3ccccc3[nH]2)CC1. The number of carbonyl (C=O) groups is 1. The van der Waals surface area contributed by atoms with Crippen LogP contribution >= 0.6 is 0 Å². The van der Waals surface area contributed by atoms with Crippen LogP contribution in [0.2, 0.25) is 0 Å². The Morgan fingerprint density at radius 1 is 1.07 bits per heavy atom. The van der Waals surface area contributed by atoms with E-state index in [0.29, 0.717) is 6.54 Å². The lowest BCUT2D eigenvalue weighted by atomic mass is 10.2. The summed E-state index contributed by atoms with van der Waals surface area (Å²) in [5.74, 6) is 1.15. The van der Waals surface area contributed by atoms with Crippen LogP contribution < -0.4 is 5.32 Å². The number of para-hydroxylation sites is 3. The van der Waals surface area contributed by atoms with E-state index >= 15 is 0 Å². The molecule has 1 saturated heterocycles. The molecule has 0 atom stereocenters. The van der Waals surface area contributed by atoms with Gasteiger partial charge < -0.3 is 15.2 Å². The number of hydrogen-bond donors (Lipinski definition) is 2. The highest BCUT2D eigenvalue weighted by molar-refractivity contribution is 5.81. The van der Waals surface area contributed by atoms with Gasteiger partial charge in [-0.05, 0) is 37.1 Å². The Bertz CT molecular complexity index is 918. The maximum Gasteiger partial charge on any atom is 0.241 e. The number of nitrogens with one attached hydrogen (secondary N) is 2. The Hall–Kier alpha value is -2.86. The predicted molar refractivity (Wildman–Crippen MR) is 112 cm³/mol. The van der Waals surface area contributed by atoms with Crippen LogP contribution in [0.3, 0.4) is 0 Å². The topological polar surface area (TPSA) is 64.3 Å². The maximum absolute atomic E-state index is 12.6. The van der Waals surface area contributed by atoms with Crippen molar-refractivity contribution in [2.24, 2.45) is 0 Å². The summed E-state index contributed by atoms with van der Waals surface area (Å²) < 4.78 is 0. The fourth-order valence-corrected chi connectivity index (χ4v) is 3.72. The van der Waals surface area contributed by atoms with Gasteiger partial charge in [-0.25, -0.2) is 4.98 Å². The summed E-state index contributed by atoms with van der Waals surface area (Å²) in [5, 5.41) is 3.28. The fraction of sp³-hybridized carbons (Fsp3) is 0.364. The molecule has 0 spiro atoms. The van der Waals surface area contributed by atoms with Crippen molar-refractivity contribution >= 4 is 22.6 Å². The van der Waals surface area contributed by atoms with Gasteiger partial charge >= 0.3 is 0 Å². The number of H-pyrrole nitrogens is 1. The lowest BCUT2D eigenvalue weighted by Crippen LogP contribution is -2.38. The van der Waals surface area contributed by atoms with Crippen molar-refractivity contribution < 1.29 is 4.79 Å². The van der Waals surface area contributed by atoms with Gasteiger partial charge in [0.25, 0.3) is 0 Å². The molecular formula is C22H27N5O. The van der Waals surface area contributed by atoms with E-state index in [2.05, 4.69) is 39.2 Å². The Balaban J connectivity index is 1.30. The molecule has 1 aromatic heterocycles. The van der Waals surface area contributed by atoms with Crippen LogP contribution in [-0.2, 0) is 11.3 Å². The first-order chi connectivity index (χ1) is 13.7. The van der Waals surface area contributed by atoms with Crippen molar-refractivity contribution in [1.29, 1.82) is 0 Å². The lowest BCUT2D eigenvalue weighted by Gasteiger charge is -2.22. The standard InChI is InChI=1S/C22H27N5O/c1-17-7-2-3-8-18(17)23-15-22(28)27-12-6-11-26(13-14-27)16-21-24-19-9-4-5-10-20(19)25-21/h2-5,7-10,23H,6,11-16H2,1H3,(H,24,25). The average Bonchev–Trinajstić information content (AvgIpc) is 2.97. The van der Waals surface area contributed by atoms with E-state index in [1.165, 1.54) is 0 Å². The minimum atomic E-state index is 0.161. The molecule has 2 aromatic carbocycles. The summed E-state index contributed by atoms with van der Waals surface area (Å²) >= 11 is 0. The van der Waals surface area contributed by atoms with Gasteiger partial charge in [0.1, 0.15) is 5.82 Å². The maximum atomic E-state index is 12.6. The van der Waals surface area contributed by atoms with Gasteiger partial charge in [0.05, 0.1) is 24.1 Å². The molecule has 2 N–H and O–H groups in total. The Labute approximate surface area is 165 Å². The van der Waals surface area contributed by atoms with Gasteiger partial charge in [-0.1, -0.05) is 30.3 Å². The predicted octanol–water partition coefficient (Wildman–Crippen LogP) is 3.02. The van der Waals surface area contributed by atoms with Crippen molar-refractivity contribution in [1.82, 2.24) is 19.8 Å². The summed E-state index contributed by atoms with van der Waals surface area (Å²) in [6.07, 6.45) is 0.982. The molecule has 146 valence electrons. The first-order valence-corrected chi connectivity index (χ1v) is 9.92. The molecule has 28 heavy (non-hydrogen) atoms. The van der Waals surface area contributed by atoms with E-state index in [0.717, 1.165) is 67.3 Å². The Morgan fingerprint density at radius 3 is 2.75 bits per heavy atom. The van der Waals surface area contributed by atoms with Crippen molar-refractivity contribution in [3.8, 4) is 0 Å². The minimum absolute atomic E-state index is 0.161. The Kier molecular flexibility index (Phi) is 5.58. The number of carbonyl (C=O) groups excluding carboxylic acids is 1. The monoisotopic (exact) mass is 377 g/mol. The molecule has 6 nitrogen and oxygen atoms in total. The third kappa shape index (κ3) is 4.34. The second kappa shape index (κ2) is 8.44. The number of nitrogens with zero attached hydrogens (tertiary/aromatic N) is 3. The van der Waals surface area contributed by atoms with Crippen LogP contribution in [0.5, 0.6) is 0 Å². The molecule has 0 radical (unpaired) electrons. The van der Waals surface area contributed by atoms with E-state index in [-0.39, 0.29) is 5.91 Å². The van der Waals surface area contributed by atoms with E-state index in [4.69, 9.17) is 0 Å². The fourth-order valence-electron chi connectivity index (χ4n) is 3.72.